The second kappa shape index (κ2) is 6.42. The van der Waals surface area contributed by atoms with Crippen LogP contribution in [0.2, 0.25) is 0 Å². The van der Waals surface area contributed by atoms with Crippen LogP contribution in [-0.2, 0) is 4.74 Å². The zero-order chi connectivity index (χ0) is 16.6. The van der Waals surface area contributed by atoms with Crippen LogP contribution in [0.3, 0.4) is 0 Å². The molecule has 0 saturated carbocycles. The molecule has 1 aromatic carbocycles. The molecular weight excluding hydrogens is 382 g/mol. The molecule has 122 valence electrons. The molecule has 23 heavy (non-hydrogen) atoms. The molecule has 2 heterocycles. The van der Waals surface area contributed by atoms with Gasteiger partial charge in [0, 0.05) is 9.86 Å². The molecule has 0 amide bonds. The van der Waals surface area contributed by atoms with Gasteiger partial charge in [-0.25, -0.2) is 4.68 Å². The quantitative estimate of drug-likeness (QED) is 0.600. The minimum atomic E-state index is -0.0793. The van der Waals surface area contributed by atoms with E-state index in [9.17, 15) is 5.11 Å². The van der Waals surface area contributed by atoms with Crippen molar-refractivity contribution >= 4 is 49.9 Å². The van der Waals surface area contributed by atoms with Crippen molar-refractivity contribution in [2.24, 2.45) is 16.0 Å². The number of ether oxygens (including phenoxy) is 1. The maximum Gasteiger partial charge on any atom is 0.239 e. The van der Waals surface area contributed by atoms with Gasteiger partial charge in [0.2, 0.25) is 11.0 Å². The second-order valence-electron chi connectivity index (χ2n) is 5.15. The summed E-state index contributed by atoms with van der Waals surface area (Å²) >= 11 is 8.26. The fraction of sp³-hybridized carbons (Fsp3) is 0.357. The summed E-state index contributed by atoms with van der Waals surface area (Å²) in [7, 11) is 0. The van der Waals surface area contributed by atoms with Gasteiger partial charge >= 0.3 is 0 Å². The van der Waals surface area contributed by atoms with E-state index in [1.807, 2.05) is 24.1 Å². The number of hydrogen-bond acceptors (Lipinski definition) is 5. The number of rotatable bonds is 2. The van der Waals surface area contributed by atoms with Crippen molar-refractivity contribution in [2.75, 3.05) is 31.3 Å². The third-order valence-electron chi connectivity index (χ3n) is 3.77. The lowest BCUT2D eigenvalue weighted by Gasteiger charge is -2.30. The summed E-state index contributed by atoms with van der Waals surface area (Å²) in [5.74, 6) is 0.0168. The van der Waals surface area contributed by atoms with Crippen molar-refractivity contribution in [3.63, 3.8) is 0 Å². The minimum absolute atomic E-state index is 0.0168. The Hall–Kier alpha value is -1.71. The lowest BCUT2D eigenvalue weighted by Crippen LogP contribution is -2.43. The van der Waals surface area contributed by atoms with Gasteiger partial charge in [0.15, 0.2) is 5.69 Å². The van der Waals surface area contributed by atoms with Gasteiger partial charge in [0.1, 0.15) is 0 Å². The fourth-order valence-electron chi connectivity index (χ4n) is 2.71. The van der Waals surface area contributed by atoms with E-state index in [1.54, 1.807) is 4.68 Å². The average molecular weight is 398 g/mol. The number of thiocarbonyl (C=S) groups is 1. The first-order valence-corrected chi connectivity index (χ1v) is 8.27. The first-order valence-electron chi connectivity index (χ1n) is 7.07. The number of nitrogens with two attached hydrogens (primary N) is 1. The molecule has 2 aromatic rings. The third-order valence-corrected chi connectivity index (χ3v) is 4.71. The number of halogens is 1. The first kappa shape index (κ1) is 16.2. The van der Waals surface area contributed by atoms with E-state index in [-0.39, 0.29) is 11.0 Å². The van der Waals surface area contributed by atoms with Crippen molar-refractivity contribution in [1.29, 1.82) is 0 Å². The molecule has 0 spiro atoms. The van der Waals surface area contributed by atoms with Crippen LogP contribution in [0.4, 0.5) is 5.69 Å². The molecule has 0 bridgehead atoms. The number of hydrogen-bond donors (Lipinski definition) is 2. The van der Waals surface area contributed by atoms with Gasteiger partial charge in [0.25, 0.3) is 0 Å². The molecule has 1 aromatic heterocycles. The number of morpholine rings is 1. The minimum Gasteiger partial charge on any atom is -0.492 e. The van der Waals surface area contributed by atoms with Crippen LogP contribution < -0.4 is 10.7 Å². The van der Waals surface area contributed by atoms with E-state index >= 15 is 0 Å². The van der Waals surface area contributed by atoms with Gasteiger partial charge in [-0.05, 0) is 36.8 Å². The molecule has 0 unspecified atom stereocenters. The summed E-state index contributed by atoms with van der Waals surface area (Å²) < 4.78 is 8.06. The zero-order valence-electron chi connectivity index (χ0n) is 12.5. The molecule has 1 aliphatic rings. The Labute approximate surface area is 146 Å². The van der Waals surface area contributed by atoms with Crippen molar-refractivity contribution in [2.45, 2.75) is 6.92 Å². The predicted molar refractivity (Wildman–Crippen MR) is 96.1 cm³/mol. The second-order valence-corrected chi connectivity index (χ2v) is 6.43. The van der Waals surface area contributed by atoms with Crippen LogP contribution in [0.25, 0.3) is 10.9 Å². The van der Waals surface area contributed by atoms with Crippen LogP contribution in [0, 0.1) is 6.92 Å². The molecule has 1 fully saturated rings. The molecule has 0 radical (unpaired) electrons. The summed E-state index contributed by atoms with van der Waals surface area (Å²) in [6.07, 6.45) is 0. The normalized spacial score (nSPS) is 15.7. The smallest absolute Gasteiger partial charge is 0.239 e. The van der Waals surface area contributed by atoms with E-state index in [4.69, 9.17) is 22.7 Å². The molecular formula is C14H16BrN5O2S. The van der Waals surface area contributed by atoms with Gasteiger partial charge in [-0.1, -0.05) is 15.9 Å². The Balaban J connectivity index is 2.26. The van der Waals surface area contributed by atoms with Crippen LogP contribution in [0.5, 0.6) is 5.88 Å². The molecule has 3 rings (SSSR count). The Bertz CT molecular complexity index is 798. The van der Waals surface area contributed by atoms with E-state index in [0.29, 0.717) is 32.0 Å². The first-order chi connectivity index (χ1) is 11.0. The summed E-state index contributed by atoms with van der Waals surface area (Å²) in [6.45, 7) is 4.53. The summed E-state index contributed by atoms with van der Waals surface area (Å²) in [6, 6.07) is 3.88. The number of aromatic hydroxyl groups is 1. The average Bonchev–Trinajstić information content (AvgIpc) is 2.82. The number of nitrogens with zero attached hydrogens (tertiary/aromatic N) is 4. The summed E-state index contributed by atoms with van der Waals surface area (Å²) in [4.78, 5) is 0. The highest BCUT2D eigenvalue weighted by atomic mass is 79.9. The van der Waals surface area contributed by atoms with Gasteiger partial charge in [-0.15, -0.1) is 10.2 Å². The molecule has 0 aliphatic carbocycles. The van der Waals surface area contributed by atoms with E-state index in [1.165, 1.54) is 0 Å². The van der Waals surface area contributed by atoms with Gasteiger partial charge < -0.3 is 20.6 Å². The molecule has 3 N–H and O–H groups in total. The fourth-order valence-corrected chi connectivity index (χ4v) is 3.08. The van der Waals surface area contributed by atoms with Crippen molar-refractivity contribution in [3.05, 3.63) is 22.2 Å². The van der Waals surface area contributed by atoms with E-state index in [2.05, 4.69) is 26.2 Å². The number of benzene rings is 1. The van der Waals surface area contributed by atoms with E-state index in [0.717, 1.165) is 20.9 Å². The summed E-state index contributed by atoms with van der Waals surface area (Å²) in [5, 5.41) is 21.3. The van der Waals surface area contributed by atoms with Crippen LogP contribution in [-0.4, -0.2) is 41.2 Å². The zero-order valence-corrected chi connectivity index (χ0v) is 14.9. The summed E-state index contributed by atoms with van der Waals surface area (Å²) in [5.41, 5.74) is 7.57. The number of fused-ring (bicyclic) bond motifs is 1. The number of aryl methyl sites for hydroxylation is 1. The highest BCUT2D eigenvalue weighted by Gasteiger charge is 2.24. The molecule has 9 heteroatoms. The predicted octanol–water partition coefficient (Wildman–Crippen LogP) is 2.71. The third kappa shape index (κ3) is 2.91. The topological polar surface area (TPSA) is 88.4 Å². The molecule has 0 atom stereocenters. The lowest BCUT2D eigenvalue weighted by molar-refractivity contribution is 0.110. The Kier molecular flexibility index (Phi) is 4.51. The van der Waals surface area contributed by atoms with Gasteiger partial charge in [-0.2, -0.15) is 0 Å². The molecule has 1 aliphatic heterocycles. The highest BCUT2D eigenvalue weighted by molar-refractivity contribution is 9.10. The maximum absolute atomic E-state index is 10.7. The monoisotopic (exact) mass is 397 g/mol. The molecule has 1 saturated heterocycles. The Morgan fingerprint density at radius 3 is 2.74 bits per heavy atom. The van der Waals surface area contributed by atoms with Crippen LogP contribution in [0.1, 0.15) is 5.56 Å². The van der Waals surface area contributed by atoms with Gasteiger partial charge in [-0.3, -0.25) is 0 Å². The number of azo groups is 1. The largest absolute Gasteiger partial charge is 0.492 e. The van der Waals surface area contributed by atoms with Crippen LogP contribution in [0.15, 0.2) is 26.8 Å². The van der Waals surface area contributed by atoms with E-state index < -0.39 is 0 Å². The number of aromatic nitrogens is 1. The van der Waals surface area contributed by atoms with Crippen molar-refractivity contribution < 1.29 is 9.84 Å². The lowest BCUT2D eigenvalue weighted by atomic mass is 10.1. The van der Waals surface area contributed by atoms with Crippen molar-refractivity contribution in [3.8, 4) is 5.88 Å². The Morgan fingerprint density at radius 1 is 1.39 bits per heavy atom. The van der Waals surface area contributed by atoms with Crippen LogP contribution >= 0.6 is 28.1 Å². The SMILES string of the molecule is Cc1c(Br)ccc2c1c(N=NC(N)=S)c(O)n2N1CCOCC1. The van der Waals surface area contributed by atoms with Crippen molar-refractivity contribution in [1.82, 2.24) is 4.68 Å². The molecule has 7 nitrogen and oxygen atoms in total. The van der Waals surface area contributed by atoms with Gasteiger partial charge in [0.05, 0.1) is 31.8 Å². The standard InChI is InChI=1S/C14H16BrN5O2S/c1-8-9(15)2-3-10-11(8)12(17-18-14(16)23)13(21)20(10)19-4-6-22-7-5-19/h2-3,21H,4-7H2,1H3,(H2,16,23). The maximum atomic E-state index is 10.7. The Morgan fingerprint density at radius 2 is 2.09 bits per heavy atom. The highest BCUT2D eigenvalue weighted by Crippen LogP contribution is 2.42.